The topological polar surface area (TPSA) is 152 Å². The van der Waals surface area contributed by atoms with Crippen molar-refractivity contribution in [2.45, 2.75) is 78.5 Å². The van der Waals surface area contributed by atoms with Gasteiger partial charge in [-0.05, 0) is 103 Å². The highest BCUT2D eigenvalue weighted by atomic mass is 16.5. The normalized spacial score (nSPS) is 24.2. The van der Waals surface area contributed by atoms with Gasteiger partial charge in [0.05, 0.1) is 22.8 Å². The fraction of sp³-hybridized carbons (Fsp3) is 0.455. The number of imide groups is 2. The first-order chi connectivity index (χ1) is 26.6. The molecular formula is C44H48N6O6. The summed E-state index contributed by atoms with van der Waals surface area (Å²) >= 11 is 0. The van der Waals surface area contributed by atoms with Gasteiger partial charge < -0.3 is 15.0 Å². The van der Waals surface area contributed by atoms with E-state index in [0.717, 1.165) is 78.6 Å². The van der Waals surface area contributed by atoms with Crippen LogP contribution >= 0.6 is 0 Å². The lowest BCUT2D eigenvalue weighted by Crippen LogP contribution is -2.74. The number of carbonyl (C=O) groups excluding carboxylic acids is 5. The van der Waals surface area contributed by atoms with Crippen molar-refractivity contribution in [1.82, 2.24) is 20.4 Å². The molecule has 56 heavy (non-hydrogen) atoms. The van der Waals surface area contributed by atoms with Gasteiger partial charge in [0.1, 0.15) is 17.9 Å². The Morgan fingerprint density at radius 2 is 1.52 bits per heavy atom. The predicted molar refractivity (Wildman–Crippen MR) is 208 cm³/mol. The van der Waals surface area contributed by atoms with Crippen molar-refractivity contribution in [2.24, 2.45) is 16.7 Å². The second-order valence-corrected chi connectivity index (χ2v) is 17.4. The Kier molecular flexibility index (Phi) is 9.27. The molecule has 0 bridgehead atoms. The average Bonchev–Trinajstić information content (AvgIpc) is 3.67. The van der Waals surface area contributed by atoms with Gasteiger partial charge in [0, 0.05) is 67.3 Å². The third kappa shape index (κ3) is 6.41. The van der Waals surface area contributed by atoms with Crippen LogP contribution in [0.5, 0.6) is 5.75 Å². The van der Waals surface area contributed by atoms with Gasteiger partial charge in [-0.1, -0.05) is 27.7 Å². The van der Waals surface area contributed by atoms with E-state index in [1.165, 1.54) is 0 Å². The van der Waals surface area contributed by atoms with Crippen LogP contribution in [0.2, 0.25) is 0 Å². The lowest BCUT2D eigenvalue weighted by molar-refractivity contribution is -0.164. The first kappa shape index (κ1) is 37.4. The highest BCUT2D eigenvalue weighted by molar-refractivity contribution is 6.23. The summed E-state index contributed by atoms with van der Waals surface area (Å²) < 4.78 is 6.46. The molecule has 0 radical (unpaired) electrons. The number of aryl methyl sites for hydroxylation is 1. The molecule has 0 spiro atoms. The lowest BCUT2D eigenvalue weighted by atomic mass is 9.49. The number of piperidine rings is 1. The zero-order valence-electron chi connectivity index (χ0n) is 32.6. The molecule has 5 amide bonds. The molecule has 3 aliphatic heterocycles. The number of anilines is 1. The van der Waals surface area contributed by atoms with Crippen molar-refractivity contribution in [3.63, 3.8) is 0 Å². The molecule has 1 saturated carbocycles. The fourth-order valence-corrected chi connectivity index (χ4v) is 10.2. The Morgan fingerprint density at radius 3 is 2.09 bits per heavy atom. The van der Waals surface area contributed by atoms with Gasteiger partial charge in [0.2, 0.25) is 11.8 Å². The van der Waals surface area contributed by atoms with Gasteiger partial charge in [-0.3, -0.25) is 39.1 Å². The molecule has 3 heterocycles. The average molecular weight is 757 g/mol. The number of amides is 5. The number of nitriles is 1. The summed E-state index contributed by atoms with van der Waals surface area (Å²) in [5.74, 6) is -0.916. The third-order valence-electron chi connectivity index (χ3n) is 12.8. The number of piperazine rings is 1. The van der Waals surface area contributed by atoms with E-state index >= 15 is 0 Å². The molecule has 1 atom stereocenters. The van der Waals surface area contributed by atoms with Crippen molar-refractivity contribution in [3.05, 3.63) is 93.5 Å². The minimum Gasteiger partial charge on any atom is -0.489 e. The maximum Gasteiger partial charge on any atom is 0.262 e. The largest absolute Gasteiger partial charge is 0.489 e. The van der Waals surface area contributed by atoms with Crippen molar-refractivity contribution < 1.29 is 28.7 Å². The fourth-order valence-electron chi connectivity index (χ4n) is 10.2. The van der Waals surface area contributed by atoms with Crippen LogP contribution in [-0.2, 0) is 22.4 Å². The first-order valence-corrected chi connectivity index (χ1v) is 19.6. The molecule has 8 rings (SSSR count). The van der Waals surface area contributed by atoms with Crippen LogP contribution in [0, 0.1) is 35.0 Å². The van der Waals surface area contributed by atoms with Crippen LogP contribution < -0.4 is 20.3 Å². The number of fused-ring (bicyclic) bond motifs is 2. The Bertz CT molecular complexity index is 2140. The van der Waals surface area contributed by atoms with E-state index in [-0.39, 0.29) is 47.6 Å². The standard InChI is InChI=1S/C44H48N6O6/c1-25-18-32(11-8-28(25)23-45)56-42-43(2,3)41(44(42,4)5)47-37(52)27-6-9-31(10-7-27)49-16-14-48(15-17-49)24-26-19-29-21-33-34(22-30(29)20-26)40(55)50(39(33)54)35-12-13-36(51)46-38(35)53/h6-11,18,21-22,26,35,41-42H,12-17,19-20,24H2,1-5H3,(H,47,52)(H,46,51,53)/t35-,41-,42-/m1/s1. The van der Waals surface area contributed by atoms with Crippen molar-refractivity contribution in [1.29, 1.82) is 5.26 Å². The van der Waals surface area contributed by atoms with Crippen molar-refractivity contribution in [2.75, 3.05) is 37.6 Å². The monoisotopic (exact) mass is 756 g/mol. The van der Waals surface area contributed by atoms with Gasteiger partial charge in [0.25, 0.3) is 17.7 Å². The highest BCUT2D eigenvalue weighted by Crippen LogP contribution is 2.55. The molecule has 12 heteroatoms. The van der Waals surface area contributed by atoms with E-state index in [1.54, 1.807) is 6.07 Å². The summed E-state index contributed by atoms with van der Waals surface area (Å²) in [6, 6.07) is 18.2. The molecule has 5 aliphatic rings. The minimum atomic E-state index is -0.960. The molecule has 290 valence electrons. The molecule has 0 aromatic heterocycles. The van der Waals surface area contributed by atoms with Crippen LogP contribution in [0.3, 0.4) is 0 Å². The summed E-state index contributed by atoms with van der Waals surface area (Å²) in [5.41, 5.74) is 5.43. The molecule has 12 nitrogen and oxygen atoms in total. The van der Waals surface area contributed by atoms with Gasteiger partial charge in [-0.2, -0.15) is 5.26 Å². The molecule has 2 aliphatic carbocycles. The summed E-state index contributed by atoms with van der Waals surface area (Å²) in [7, 11) is 0. The van der Waals surface area contributed by atoms with Crippen molar-refractivity contribution >= 4 is 35.2 Å². The highest BCUT2D eigenvalue weighted by Gasteiger charge is 2.64. The van der Waals surface area contributed by atoms with Gasteiger partial charge in [-0.25, -0.2) is 0 Å². The Balaban J connectivity index is 0.822. The van der Waals surface area contributed by atoms with Crippen LogP contribution in [-0.4, -0.2) is 90.2 Å². The van der Waals surface area contributed by atoms with Gasteiger partial charge in [-0.15, -0.1) is 0 Å². The molecule has 3 aromatic carbocycles. The van der Waals surface area contributed by atoms with Crippen LogP contribution in [0.15, 0.2) is 54.6 Å². The number of hydrogen-bond donors (Lipinski definition) is 2. The zero-order valence-corrected chi connectivity index (χ0v) is 32.6. The number of nitrogens with zero attached hydrogens (tertiary/aromatic N) is 4. The van der Waals surface area contributed by atoms with Gasteiger partial charge >= 0.3 is 0 Å². The summed E-state index contributed by atoms with van der Waals surface area (Å²) in [5, 5.41) is 14.8. The number of benzene rings is 3. The molecule has 3 aromatic rings. The van der Waals surface area contributed by atoms with Gasteiger partial charge in [0.15, 0.2) is 0 Å². The van der Waals surface area contributed by atoms with E-state index in [0.29, 0.717) is 28.2 Å². The van der Waals surface area contributed by atoms with Crippen LogP contribution in [0.4, 0.5) is 5.69 Å². The Morgan fingerprint density at radius 1 is 0.893 bits per heavy atom. The van der Waals surface area contributed by atoms with E-state index in [9.17, 15) is 29.2 Å². The summed E-state index contributed by atoms with van der Waals surface area (Å²) in [6.07, 6.45) is 1.76. The number of carbonyl (C=O) groups is 5. The second kappa shape index (κ2) is 13.9. The maximum atomic E-state index is 13.5. The second-order valence-electron chi connectivity index (χ2n) is 17.4. The number of nitrogens with one attached hydrogen (secondary N) is 2. The molecule has 2 saturated heterocycles. The van der Waals surface area contributed by atoms with Crippen LogP contribution in [0.1, 0.15) is 93.9 Å². The number of ether oxygens (including phenoxy) is 1. The maximum absolute atomic E-state index is 13.5. The Labute approximate surface area is 327 Å². The summed E-state index contributed by atoms with van der Waals surface area (Å²) in [4.78, 5) is 70.1. The van der Waals surface area contributed by atoms with E-state index in [4.69, 9.17) is 4.74 Å². The molecular weight excluding hydrogens is 709 g/mol. The third-order valence-corrected chi connectivity index (χ3v) is 12.8. The molecule has 0 unspecified atom stereocenters. The van der Waals surface area contributed by atoms with E-state index in [1.807, 2.05) is 55.5 Å². The smallest absolute Gasteiger partial charge is 0.262 e. The first-order valence-electron chi connectivity index (χ1n) is 19.6. The number of rotatable bonds is 8. The summed E-state index contributed by atoms with van der Waals surface area (Å²) in [6.45, 7) is 14.8. The van der Waals surface area contributed by atoms with E-state index in [2.05, 4.69) is 54.2 Å². The lowest BCUT2D eigenvalue weighted by Gasteiger charge is -2.63. The zero-order chi connectivity index (χ0) is 39.7. The van der Waals surface area contributed by atoms with Crippen molar-refractivity contribution in [3.8, 4) is 11.8 Å². The Hall–Kier alpha value is -5.54. The van der Waals surface area contributed by atoms with E-state index < -0.39 is 23.8 Å². The number of hydrogen-bond acceptors (Lipinski definition) is 9. The SMILES string of the molecule is Cc1cc(O[C@H]2C(C)(C)[C@H](NC(=O)c3ccc(N4CCN(CC5Cc6cc7c(cc6C5)C(=O)N([C@@H]5CCC(=O)NC5=O)C7=O)CC4)cc3)C2(C)C)ccc1C#N. The van der Waals surface area contributed by atoms with Crippen LogP contribution in [0.25, 0.3) is 0 Å². The predicted octanol–water partition coefficient (Wildman–Crippen LogP) is 4.42. The molecule has 3 fully saturated rings. The molecule has 2 N–H and O–H groups in total. The quantitative estimate of drug-likeness (QED) is 0.319. The minimum absolute atomic E-state index is 0.0982.